The Morgan fingerprint density at radius 3 is 3.24 bits per heavy atom. The SMILES string of the molecule is CCN1CCOC(CNCc2csc(Br)c2)C1. The maximum atomic E-state index is 5.74. The number of nitrogens with zero attached hydrogens (tertiary/aromatic N) is 1. The molecule has 0 amide bonds. The Labute approximate surface area is 115 Å². The first-order chi connectivity index (χ1) is 8.28. The number of thiophene rings is 1. The molecule has 0 bridgehead atoms. The van der Waals surface area contributed by atoms with Crippen LogP contribution in [-0.2, 0) is 11.3 Å². The Bertz CT molecular complexity index is 345. The molecular weight excluding hydrogens is 300 g/mol. The Morgan fingerprint density at radius 1 is 1.65 bits per heavy atom. The molecule has 96 valence electrons. The number of morpholine rings is 1. The van der Waals surface area contributed by atoms with E-state index in [-0.39, 0.29) is 0 Å². The smallest absolute Gasteiger partial charge is 0.0826 e. The second-order valence-electron chi connectivity index (χ2n) is 4.28. The highest BCUT2D eigenvalue weighted by Gasteiger charge is 2.18. The first-order valence-electron chi connectivity index (χ1n) is 6.05. The van der Waals surface area contributed by atoms with Crippen molar-refractivity contribution in [3.63, 3.8) is 0 Å². The van der Waals surface area contributed by atoms with Gasteiger partial charge in [0, 0.05) is 26.2 Å². The zero-order valence-electron chi connectivity index (χ0n) is 10.1. The van der Waals surface area contributed by atoms with Gasteiger partial charge in [-0.15, -0.1) is 11.3 Å². The van der Waals surface area contributed by atoms with Crippen molar-refractivity contribution in [3.05, 3.63) is 20.8 Å². The predicted octanol–water partition coefficient (Wildman–Crippen LogP) is 2.32. The lowest BCUT2D eigenvalue weighted by Gasteiger charge is -2.32. The largest absolute Gasteiger partial charge is 0.374 e. The summed E-state index contributed by atoms with van der Waals surface area (Å²) < 4.78 is 6.94. The van der Waals surface area contributed by atoms with Crippen molar-refractivity contribution in [2.45, 2.75) is 19.6 Å². The highest BCUT2D eigenvalue weighted by Crippen LogP contribution is 2.20. The van der Waals surface area contributed by atoms with E-state index < -0.39 is 0 Å². The molecule has 17 heavy (non-hydrogen) atoms. The summed E-state index contributed by atoms with van der Waals surface area (Å²) in [7, 11) is 0. The molecule has 0 aromatic carbocycles. The highest BCUT2D eigenvalue weighted by molar-refractivity contribution is 9.11. The van der Waals surface area contributed by atoms with Crippen LogP contribution in [0.25, 0.3) is 0 Å². The van der Waals surface area contributed by atoms with Gasteiger partial charge in [0.15, 0.2) is 0 Å². The van der Waals surface area contributed by atoms with Crippen LogP contribution in [0.15, 0.2) is 15.2 Å². The van der Waals surface area contributed by atoms with E-state index >= 15 is 0 Å². The maximum Gasteiger partial charge on any atom is 0.0826 e. The Hall–Kier alpha value is 0.0600. The van der Waals surface area contributed by atoms with Crippen LogP contribution in [0.5, 0.6) is 0 Å². The molecule has 5 heteroatoms. The van der Waals surface area contributed by atoms with Crippen molar-refractivity contribution in [2.24, 2.45) is 0 Å². The summed E-state index contributed by atoms with van der Waals surface area (Å²) in [6.45, 7) is 8.18. The Morgan fingerprint density at radius 2 is 2.53 bits per heavy atom. The average Bonchev–Trinajstić information content (AvgIpc) is 2.75. The van der Waals surface area contributed by atoms with Gasteiger partial charge >= 0.3 is 0 Å². The van der Waals surface area contributed by atoms with Gasteiger partial charge in [-0.2, -0.15) is 0 Å². The zero-order chi connectivity index (χ0) is 12.1. The molecule has 1 N–H and O–H groups in total. The van der Waals surface area contributed by atoms with Crippen LogP contribution in [0.2, 0.25) is 0 Å². The third-order valence-electron chi connectivity index (χ3n) is 2.99. The summed E-state index contributed by atoms with van der Waals surface area (Å²) in [5.41, 5.74) is 1.34. The minimum absolute atomic E-state index is 0.339. The van der Waals surface area contributed by atoms with Crippen LogP contribution in [-0.4, -0.2) is 43.8 Å². The molecule has 1 aliphatic heterocycles. The quantitative estimate of drug-likeness (QED) is 0.901. The Kier molecular flexibility index (Phi) is 5.44. The Balaban J connectivity index is 1.68. The van der Waals surface area contributed by atoms with Crippen LogP contribution < -0.4 is 5.32 Å². The molecule has 1 aliphatic rings. The van der Waals surface area contributed by atoms with Crippen molar-refractivity contribution < 1.29 is 4.74 Å². The van der Waals surface area contributed by atoms with E-state index in [2.05, 4.69) is 44.5 Å². The average molecular weight is 319 g/mol. The van der Waals surface area contributed by atoms with E-state index in [1.807, 2.05) is 0 Å². The molecule has 1 unspecified atom stereocenters. The van der Waals surface area contributed by atoms with Crippen LogP contribution in [0.1, 0.15) is 12.5 Å². The minimum atomic E-state index is 0.339. The number of hydrogen-bond acceptors (Lipinski definition) is 4. The van der Waals surface area contributed by atoms with E-state index in [4.69, 9.17) is 4.74 Å². The second-order valence-corrected chi connectivity index (χ2v) is 6.57. The van der Waals surface area contributed by atoms with Crippen molar-refractivity contribution in [2.75, 3.05) is 32.8 Å². The fraction of sp³-hybridized carbons (Fsp3) is 0.667. The summed E-state index contributed by atoms with van der Waals surface area (Å²) in [6, 6.07) is 2.16. The second kappa shape index (κ2) is 6.85. The van der Waals surface area contributed by atoms with Gasteiger partial charge in [-0.25, -0.2) is 0 Å². The molecule has 1 atom stereocenters. The molecule has 2 heterocycles. The lowest BCUT2D eigenvalue weighted by atomic mass is 10.2. The van der Waals surface area contributed by atoms with Crippen LogP contribution in [0, 0.1) is 0 Å². The van der Waals surface area contributed by atoms with Gasteiger partial charge in [0.1, 0.15) is 0 Å². The van der Waals surface area contributed by atoms with Crippen molar-refractivity contribution in [3.8, 4) is 0 Å². The van der Waals surface area contributed by atoms with Crippen LogP contribution >= 0.6 is 27.3 Å². The molecular formula is C12H19BrN2OS. The van der Waals surface area contributed by atoms with Gasteiger partial charge in [-0.1, -0.05) is 6.92 Å². The number of rotatable bonds is 5. The van der Waals surface area contributed by atoms with Gasteiger partial charge in [0.25, 0.3) is 0 Å². The molecule has 0 aliphatic carbocycles. The molecule has 0 spiro atoms. The fourth-order valence-electron chi connectivity index (χ4n) is 2.01. The summed E-state index contributed by atoms with van der Waals surface area (Å²) >= 11 is 5.21. The van der Waals surface area contributed by atoms with E-state index in [1.165, 1.54) is 9.35 Å². The van der Waals surface area contributed by atoms with Gasteiger partial charge in [0.05, 0.1) is 16.5 Å². The van der Waals surface area contributed by atoms with E-state index in [9.17, 15) is 0 Å². The summed E-state index contributed by atoms with van der Waals surface area (Å²) in [6.07, 6.45) is 0.339. The zero-order valence-corrected chi connectivity index (χ0v) is 12.5. The van der Waals surface area contributed by atoms with Crippen molar-refractivity contribution >= 4 is 27.3 Å². The number of hydrogen-bond donors (Lipinski definition) is 1. The van der Waals surface area contributed by atoms with Gasteiger partial charge < -0.3 is 10.1 Å². The first-order valence-corrected chi connectivity index (χ1v) is 7.72. The molecule has 2 rings (SSSR count). The lowest BCUT2D eigenvalue weighted by Crippen LogP contribution is -2.46. The van der Waals surface area contributed by atoms with Gasteiger partial charge in [0.2, 0.25) is 0 Å². The normalized spacial score (nSPS) is 21.9. The monoisotopic (exact) mass is 318 g/mol. The molecule has 1 saturated heterocycles. The lowest BCUT2D eigenvalue weighted by molar-refractivity contribution is -0.0253. The third kappa shape index (κ3) is 4.34. The van der Waals surface area contributed by atoms with Gasteiger partial charge in [-0.3, -0.25) is 4.90 Å². The summed E-state index contributed by atoms with van der Waals surface area (Å²) in [5, 5.41) is 5.64. The topological polar surface area (TPSA) is 24.5 Å². The van der Waals surface area contributed by atoms with Crippen LogP contribution in [0.4, 0.5) is 0 Å². The van der Waals surface area contributed by atoms with E-state index in [1.54, 1.807) is 11.3 Å². The van der Waals surface area contributed by atoms with Gasteiger partial charge in [-0.05, 0) is 39.5 Å². The summed E-state index contributed by atoms with van der Waals surface area (Å²) in [4.78, 5) is 2.44. The molecule has 1 aromatic rings. The van der Waals surface area contributed by atoms with Crippen molar-refractivity contribution in [1.82, 2.24) is 10.2 Å². The highest BCUT2D eigenvalue weighted by atomic mass is 79.9. The molecule has 1 aromatic heterocycles. The number of halogens is 1. The molecule has 3 nitrogen and oxygen atoms in total. The number of nitrogens with one attached hydrogen (secondary N) is 1. The molecule has 1 fully saturated rings. The van der Waals surface area contributed by atoms with Crippen LogP contribution in [0.3, 0.4) is 0 Å². The third-order valence-corrected chi connectivity index (χ3v) is 4.55. The summed E-state index contributed by atoms with van der Waals surface area (Å²) in [5.74, 6) is 0. The number of ether oxygens (including phenoxy) is 1. The number of likely N-dealkylation sites (N-methyl/N-ethyl adjacent to an activating group) is 1. The standard InChI is InChI=1S/C12H19BrN2OS/c1-2-15-3-4-16-11(8-15)7-14-6-10-5-12(13)17-9-10/h5,9,11,14H,2-4,6-8H2,1H3. The van der Waals surface area contributed by atoms with Crippen molar-refractivity contribution in [1.29, 1.82) is 0 Å². The first kappa shape index (κ1) is 13.5. The maximum absolute atomic E-state index is 5.74. The van der Waals surface area contributed by atoms with E-state index in [0.717, 1.165) is 39.3 Å². The minimum Gasteiger partial charge on any atom is -0.374 e. The predicted molar refractivity (Wildman–Crippen MR) is 75.6 cm³/mol. The van der Waals surface area contributed by atoms with E-state index in [0.29, 0.717) is 6.10 Å². The molecule has 0 radical (unpaired) electrons. The molecule has 0 saturated carbocycles. The fourth-order valence-corrected chi connectivity index (χ4v) is 3.22.